The number of halogens is 4. The third-order valence-corrected chi connectivity index (χ3v) is 10.9. The van der Waals surface area contributed by atoms with Crippen molar-refractivity contribution in [3.05, 3.63) is 46.8 Å². The van der Waals surface area contributed by atoms with E-state index in [2.05, 4.69) is 70.2 Å². The molecule has 3 aromatic heterocycles. The first kappa shape index (κ1) is 39.1. The van der Waals surface area contributed by atoms with E-state index in [-0.39, 0.29) is 0 Å². The number of aliphatic carboxylic acids is 1. The van der Waals surface area contributed by atoms with Gasteiger partial charge in [0.2, 0.25) is 11.8 Å². The maximum absolute atomic E-state index is 13.4. The number of pyridine rings is 1. The van der Waals surface area contributed by atoms with Gasteiger partial charge in [0, 0.05) is 63.9 Å². The third-order valence-electron chi connectivity index (χ3n) is 8.80. The average Bonchev–Trinajstić information content (AvgIpc) is 3.09. The minimum atomic E-state index is -5.08. The maximum atomic E-state index is 13.4. The number of aryl methyl sites for hydroxylation is 1. The van der Waals surface area contributed by atoms with Gasteiger partial charge in [0.25, 0.3) is 0 Å². The molecule has 3 N–H and O–H groups in total. The highest BCUT2D eigenvalue weighted by Crippen LogP contribution is 2.41. The second-order valence-corrected chi connectivity index (χ2v) is 16.9. The smallest absolute Gasteiger partial charge is 0.479 e. The Labute approximate surface area is 307 Å². The molecule has 2 aliphatic rings. The van der Waals surface area contributed by atoms with Crippen molar-refractivity contribution in [3.63, 3.8) is 0 Å². The van der Waals surface area contributed by atoms with Gasteiger partial charge in [-0.3, -0.25) is 14.9 Å². The Hall–Kier alpha value is -4.12. The molecule has 0 atom stereocenters. The van der Waals surface area contributed by atoms with Gasteiger partial charge < -0.3 is 34.8 Å². The zero-order chi connectivity index (χ0) is 37.8. The monoisotopic (exact) mass is 808 g/mol. The minimum Gasteiger partial charge on any atom is -0.479 e. The molecule has 0 spiro atoms. The first-order chi connectivity index (χ1) is 24.5. The van der Waals surface area contributed by atoms with E-state index in [1.54, 1.807) is 39.0 Å². The van der Waals surface area contributed by atoms with E-state index in [9.17, 15) is 17.7 Å². The lowest BCUT2D eigenvalue weighted by Gasteiger charge is -2.42. The molecule has 52 heavy (non-hydrogen) atoms. The number of fused-ring (bicyclic) bond motifs is 1. The van der Waals surface area contributed by atoms with Gasteiger partial charge in [-0.25, -0.2) is 9.78 Å². The highest BCUT2D eigenvalue weighted by atomic mass is 79.9. The van der Waals surface area contributed by atoms with Gasteiger partial charge in [-0.1, -0.05) is 0 Å². The molecule has 280 valence electrons. The highest BCUT2D eigenvalue weighted by Gasteiger charge is 2.38. The summed E-state index contributed by atoms with van der Waals surface area (Å²) in [7, 11) is 1.09. The van der Waals surface area contributed by atoms with E-state index in [1.807, 2.05) is 18.2 Å². The van der Waals surface area contributed by atoms with Crippen molar-refractivity contribution in [1.29, 1.82) is 0 Å². The number of benzene rings is 1. The number of hydrogen-bond donors (Lipinski definition) is 3. The molecule has 6 rings (SSSR count). The first-order valence-electron chi connectivity index (χ1n) is 16.4. The number of hydrogen-bond acceptors (Lipinski definition) is 13. The van der Waals surface area contributed by atoms with E-state index in [0.29, 0.717) is 55.9 Å². The van der Waals surface area contributed by atoms with Crippen molar-refractivity contribution >= 4 is 74.3 Å². The van der Waals surface area contributed by atoms with Crippen molar-refractivity contribution in [3.8, 4) is 5.88 Å². The molecular formula is C33H41BrF3N10O4P. The summed E-state index contributed by atoms with van der Waals surface area (Å²) in [5.74, 6) is -0.462. The minimum absolute atomic E-state index is 0.360. The molecule has 0 bridgehead atoms. The summed E-state index contributed by atoms with van der Waals surface area (Å²) in [5, 5.41) is 14.4. The van der Waals surface area contributed by atoms with Crippen molar-refractivity contribution < 1.29 is 32.4 Å². The molecule has 2 aliphatic heterocycles. The highest BCUT2D eigenvalue weighted by molar-refractivity contribution is 9.10. The number of ether oxygens (including phenoxy) is 1. The van der Waals surface area contributed by atoms with Crippen molar-refractivity contribution in [2.24, 2.45) is 0 Å². The number of piperidine rings is 1. The number of piperazine rings is 1. The largest absolute Gasteiger partial charge is 0.490 e. The van der Waals surface area contributed by atoms with Gasteiger partial charge in [0.1, 0.15) is 30.0 Å². The van der Waals surface area contributed by atoms with Gasteiger partial charge in [0.05, 0.1) is 28.1 Å². The Bertz CT molecular complexity index is 1950. The molecule has 0 radical (unpaired) electrons. The molecule has 0 amide bonds. The van der Waals surface area contributed by atoms with Gasteiger partial charge in [-0.15, -0.1) is 0 Å². The topological polar surface area (TPSA) is 162 Å². The van der Waals surface area contributed by atoms with Crippen LogP contribution in [0.25, 0.3) is 11.0 Å². The molecule has 19 heteroatoms. The lowest BCUT2D eigenvalue weighted by atomic mass is 10.0. The van der Waals surface area contributed by atoms with Gasteiger partial charge >= 0.3 is 12.1 Å². The van der Waals surface area contributed by atoms with E-state index < -0.39 is 19.3 Å². The first-order valence-corrected chi connectivity index (χ1v) is 19.8. The fraction of sp³-hybridized carbons (Fsp3) is 0.455. The Balaban J connectivity index is 0.000000679. The summed E-state index contributed by atoms with van der Waals surface area (Å²) < 4.78 is 51.5. The predicted octanol–water partition coefficient (Wildman–Crippen LogP) is 5.48. The molecule has 14 nitrogen and oxygen atoms in total. The summed E-state index contributed by atoms with van der Waals surface area (Å²) in [6.07, 6.45) is 2.09. The Morgan fingerprint density at radius 3 is 2.27 bits per heavy atom. The quantitative estimate of drug-likeness (QED) is 0.192. The molecule has 2 saturated heterocycles. The van der Waals surface area contributed by atoms with Crippen LogP contribution in [-0.4, -0.2) is 125 Å². The molecule has 0 saturated carbocycles. The van der Waals surface area contributed by atoms with Gasteiger partial charge in [0.15, 0.2) is 0 Å². The molecule has 5 heterocycles. The van der Waals surface area contributed by atoms with Crippen LogP contribution in [0.2, 0.25) is 0 Å². The number of aromatic nitrogens is 5. The SMILES string of the molecule is COc1nc(N2CCC(N3CCN(C)CC3)CC2)c(C)cc1Nc1ncc(Br)c(Nc2ccc3nccnc3c2P(C)(C)=O)n1.O=C(O)C(F)(F)F. The van der Waals surface area contributed by atoms with Crippen LogP contribution in [0, 0.1) is 6.92 Å². The summed E-state index contributed by atoms with van der Waals surface area (Å²) in [6, 6.07) is 6.39. The number of carboxylic acid groups (broad SMARTS) is 1. The molecular weight excluding hydrogens is 768 g/mol. The van der Waals surface area contributed by atoms with Crippen LogP contribution in [0.15, 0.2) is 41.3 Å². The Morgan fingerprint density at radius 1 is 1.00 bits per heavy atom. The van der Waals surface area contributed by atoms with Crippen molar-refractivity contribution in [2.75, 3.05) is 82.3 Å². The second-order valence-electron chi connectivity index (χ2n) is 12.9. The zero-order valence-electron chi connectivity index (χ0n) is 29.4. The maximum Gasteiger partial charge on any atom is 0.490 e. The van der Waals surface area contributed by atoms with Crippen LogP contribution < -0.4 is 25.6 Å². The van der Waals surface area contributed by atoms with Crippen molar-refractivity contribution in [2.45, 2.75) is 32.0 Å². The Kier molecular flexibility index (Phi) is 12.2. The average molecular weight is 810 g/mol. The lowest BCUT2D eigenvalue weighted by Crippen LogP contribution is -2.52. The summed E-state index contributed by atoms with van der Waals surface area (Å²) in [5.41, 5.74) is 3.67. The van der Waals surface area contributed by atoms with E-state index in [4.69, 9.17) is 24.6 Å². The third kappa shape index (κ3) is 9.45. The van der Waals surface area contributed by atoms with Crippen LogP contribution in [0.5, 0.6) is 5.88 Å². The number of carboxylic acids is 1. The molecule has 0 unspecified atom stereocenters. The molecule has 2 fully saturated rings. The fourth-order valence-electron chi connectivity index (χ4n) is 6.21. The number of likely N-dealkylation sites (N-methyl/N-ethyl adjacent to an activating group) is 1. The zero-order valence-corrected chi connectivity index (χ0v) is 31.9. The van der Waals surface area contributed by atoms with Crippen LogP contribution in [0.1, 0.15) is 18.4 Å². The number of carbonyl (C=O) groups is 1. The standard InChI is InChI=1S/C31H40BrN10O2P.C2HF3O2/c1-20-18-25(30(44-3)39-29(20)42-12-8-21(9-13-42)41-16-14-40(2)15-17-41)37-31-35-19-22(32)28(38-31)36-24-7-6-23-26(34-11-10-33-23)27(24)45(4,5)43;3-2(4,5)1(6)7/h6-7,10-11,18-19,21H,8-9,12-17H2,1-5H3,(H2,35,36,37,38);(H,6,7). The normalized spacial score (nSPS) is 16.3. The number of alkyl halides is 3. The summed E-state index contributed by atoms with van der Waals surface area (Å²) in [4.78, 5) is 39.3. The molecule has 1 aromatic carbocycles. The van der Waals surface area contributed by atoms with Crippen molar-refractivity contribution in [1.82, 2.24) is 34.7 Å². The summed E-state index contributed by atoms with van der Waals surface area (Å²) >= 11 is 3.56. The van der Waals surface area contributed by atoms with Crippen LogP contribution in [0.4, 0.5) is 42.1 Å². The van der Waals surface area contributed by atoms with Crippen LogP contribution in [-0.2, 0) is 9.36 Å². The van der Waals surface area contributed by atoms with Crippen LogP contribution >= 0.6 is 23.1 Å². The lowest BCUT2D eigenvalue weighted by molar-refractivity contribution is -0.192. The van der Waals surface area contributed by atoms with E-state index in [1.165, 1.54) is 0 Å². The summed E-state index contributed by atoms with van der Waals surface area (Å²) in [6.45, 7) is 12.1. The van der Waals surface area contributed by atoms with E-state index >= 15 is 0 Å². The van der Waals surface area contributed by atoms with Gasteiger partial charge in [-0.2, -0.15) is 23.1 Å². The Morgan fingerprint density at radius 2 is 1.65 bits per heavy atom. The van der Waals surface area contributed by atoms with Gasteiger partial charge in [-0.05, 0) is 79.8 Å². The molecule has 4 aromatic rings. The molecule has 0 aliphatic carbocycles. The second kappa shape index (κ2) is 16.3. The fourth-order valence-corrected chi connectivity index (χ4v) is 7.90. The van der Waals surface area contributed by atoms with E-state index in [0.717, 1.165) is 63.5 Å². The number of nitrogens with one attached hydrogen (secondary N) is 2. The van der Waals surface area contributed by atoms with Crippen LogP contribution in [0.3, 0.4) is 0 Å². The number of anilines is 5. The number of nitrogens with zero attached hydrogens (tertiary/aromatic N) is 8. The number of methoxy groups -OCH3 is 1. The predicted molar refractivity (Wildman–Crippen MR) is 198 cm³/mol. The number of rotatable bonds is 8.